The molecule has 1 unspecified atom stereocenters. The Morgan fingerprint density at radius 1 is 1.53 bits per heavy atom. The Morgan fingerprint density at radius 2 is 2.21 bits per heavy atom. The van der Waals surface area contributed by atoms with Gasteiger partial charge in [0, 0.05) is 29.5 Å². The van der Waals surface area contributed by atoms with E-state index in [1.165, 1.54) is 6.07 Å². The third-order valence-electron chi connectivity index (χ3n) is 3.24. The molecule has 0 bridgehead atoms. The summed E-state index contributed by atoms with van der Waals surface area (Å²) in [6.45, 7) is 2.72. The van der Waals surface area contributed by atoms with Crippen LogP contribution >= 0.6 is 11.8 Å². The number of nitrogens with two attached hydrogens (primary N) is 1. The highest BCUT2D eigenvalue weighted by molar-refractivity contribution is 7.98. The fourth-order valence-electron chi connectivity index (χ4n) is 1.99. The molecule has 1 rings (SSSR count). The molecule has 0 heterocycles. The molecule has 0 spiro atoms. The van der Waals surface area contributed by atoms with E-state index >= 15 is 0 Å². The Balaban J connectivity index is 2.79. The van der Waals surface area contributed by atoms with E-state index in [1.54, 1.807) is 23.9 Å². The lowest BCUT2D eigenvalue weighted by Gasteiger charge is -2.26. The van der Waals surface area contributed by atoms with Crippen LogP contribution in [0.15, 0.2) is 18.2 Å². The molecule has 1 atom stereocenters. The lowest BCUT2D eigenvalue weighted by atomic mass is 10.1. The quantitative estimate of drug-likeness (QED) is 0.597. The molecule has 106 valence electrons. The first-order chi connectivity index (χ1) is 8.99. The maximum atomic E-state index is 13.9. The van der Waals surface area contributed by atoms with Crippen LogP contribution in [0.2, 0.25) is 0 Å². The van der Waals surface area contributed by atoms with Gasteiger partial charge in [0.1, 0.15) is 11.7 Å². The smallest absolute Gasteiger partial charge is 0.128 e. The first-order valence-corrected chi connectivity index (χ1v) is 7.71. The van der Waals surface area contributed by atoms with Gasteiger partial charge in [0.2, 0.25) is 0 Å². The fraction of sp³-hybridized carbons (Fsp3) is 0.500. The number of rotatable bonds is 7. The number of halogens is 1. The average molecular weight is 283 g/mol. The number of thioether (sulfide) groups is 1. The maximum absolute atomic E-state index is 13.9. The van der Waals surface area contributed by atoms with Gasteiger partial charge in [-0.05, 0) is 25.8 Å². The molecule has 1 aromatic carbocycles. The van der Waals surface area contributed by atoms with Crippen LogP contribution in [0, 0.1) is 11.2 Å². The zero-order valence-corrected chi connectivity index (χ0v) is 12.6. The summed E-state index contributed by atoms with van der Waals surface area (Å²) in [5, 5.41) is 7.29. The summed E-state index contributed by atoms with van der Waals surface area (Å²) in [4.78, 5) is 2.17. The second-order valence-corrected chi connectivity index (χ2v) is 5.56. The zero-order chi connectivity index (χ0) is 14.4. The number of amidine groups is 1. The minimum atomic E-state index is -0.293. The van der Waals surface area contributed by atoms with E-state index in [4.69, 9.17) is 11.1 Å². The Labute approximate surface area is 118 Å². The number of nitrogen functional groups attached to an aromatic ring is 1. The summed E-state index contributed by atoms with van der Waals surface area (Å²) in [5.41, 5.74) is 6.42. The minimum absolute atomic E-state index is 0.104. The van der Waals surface area contributed by atoms with Gasteiger partial charge < -0.3 is 5.73 Å². The number of hydrogen-bond donors (Lipinski definition) is 2. The SMILES string of the molecule is CCC(CSC)N(C)Cc1ccc(C(=N)N)cc1F. The molecule has 3 nitrogen and oxygen atoms in total. The molecule has 0 aliphatic carbocycles. The molecule has 19 heavy (non-hydrogen) atoms. The Hall–Kier alpha value is -1.07. The lowest BCUT2D eigenvalue weighted by Crippen LogP contribution is -2.33. The summed E-state index contributed by atoms with van der Waals surface area (Å²) in [5.74, 6) is 0.645. The van der Waals surface area contributed by atoms with Crippen LogP contribution in [0.1, 0.15) is 24.5 Å². The van der Waals surface area contributed by atoms with Crippen LogP contribution < -0.4 is 5.73 Å². The van der Waals surface area contributed by atoms with Gasteiger partial charge in [0.15, 0.2) is 0 Å². The van der Waals surface area contributed by atoms with E-state index in [-0.39, 0.29) is 11.7 Å². The molecule has 0 radical (unpaired) electrons. The van der Waals surface area contributed by atoms with Gasteiger partial charge in [-0.25, -0.2) is 4.39 Å². The molecule has 0 fully saturated rings. The molecule has 0 aliphatic heterocycles. The minimum Gasteiger partial charge on any atom is -0.384 e. The van der Waals surface area contributed by atoms with Gasteiger partial charge in [-0.1, -0.05) is 19.1 Å². The highest BCUT2D eigenvalue weighted by atomic mass is 32.2. The molecule has 0 aromatic heterocycles. The second-order valence-electron chi connectivity index (χ2n) is 4.65. The number of hydrogen-bond acceptors (Lipinski definition) is 3. The summed E-state index contributed by atoms with van der Waals surface area (Å²) < 4.78 is 13.9. The molecular weight excluding hydrogens is 261 g/mol. The lowest BCUT2D eigenvalue weighted by molar-refractivity contribution is 0.244. The first kappa shape index (κ1) is 16.0. The van der Waals surface area contributed by atoms with Crippen molar-refractivity contribution in [3.8, 4) is 0 Å². The summed E-state index contributed by atoms with van der Waals surface area (Å²) >= 11 is 1.80. The van der Waals surface area contributed by atoms with Crippen molar-refractivity contribution in [1.82, 2.24) is 4.90 Å². The monoisotopic (exact) mass is 283 g/mol. The number of nitrogens with one attached hydrogen (secondary N) is 1. The van der Waals surface area contributed by atoms with Crippen molar-refractivity contribution in [2.45, 2.75) is 25.9 Å². The molecular formula is C14H22FN3S. The third kappa shape index (κ3) is 4.51. The zero-order valence-electron chi connectivity index (χ0n) is 11.7. The highest BCUT2D eigenvalue weighted by Gasteiger charge is 2.14. The van der Waals surface area contributed by atoms with Crippen molar-refractivity contribution in [2.75, 3.05) is 19.1 Å². The van der Waals surface area contributed by atoms with Crippen LogP contribution in [0.5, 0.6) is 0 Å². The first-order valence-electron chi connectivity index (χ1n) is 6.31. The molecule has 1 aromatic rings. The summed E-state index contributed by atoms with van der Waals surface area (Å²) in [7, 11) is 2.02. The van der Waals surface area contributed by atoms with Crippen LogP contribution in [-0.4, -0.2) is 35.8 Å². The van der Waals surface area contributed by atoms with Gasteiger partial charge in [-0.15, -0.1) is 0 Å². The summed E-state index contributed by atoms with van der Waals surface area (Å²) in [6, 6.07) is 5.20. The normalized spacial score (nSPS) is 12.7. The van der Waals surface area contributed by atoms with E-state index in [2.05, 4.69) is 18.1 Å². The van der Waals surface area contributed by atoms with Crippen molar-refractivity contribution in [3.05, 3.63) is 35.1 Å². The van der Waals surface area contributed by atoms with Gasteiger partial charge in [0.25, 0.3) is 0 Å². The van der Waals surface area contributed by atoms with Crippen molar-refractivity contribution >= 4 is 17.6 Å². The molecule has 0 aliphatic rings. The Morgan fingerprint density at radius 3 is 2.68 bits per heavy atom. The average Bonchev–Trinajstić information content (AvgIpc) is 2.37. The van der Waals surface area contributed by atoms with Gasteiger partial charge in [-0.3, -0.25) is 10.3 Å². The highest BCUT2D eigenvalue weighted by Crippen LogP contribution is 2.16. The van der Waals surface area contributed by atoms with Crippen LogP contribution in [0.4, 0.5) is 4.39 Å². The van der Waals surface area contributed by atoms with Gasteiger partial charge in [-0.2, -0.15) is 11.8 Å². The molecule has 0 saturated carbocycles. The second kappa shape index (κ2) is 7.50. The maximum Gasteiger partial charge on any atom is 0.128 e. The van der Waals surface area contributed by atoms with E-state index in [1.807, 2.05) is 7.05 Å². The van der Waals surface area contributed by atoms with Gasteiger partial charge in [0.05, 0.1) is 0 Å². The van der Waals surface area contributed by atoms with Crippen LogP contribution in [0.25, 0.3) is 0 Å². The van der Waals surface area contributed by atoms with Crippen LogP contribution in [0.3, 0.4) is 0 Å². The predicted octanol–water partition coefficient (Wildman–Crippen LogP) is 2.68. The largest absolute Gasteiger partial charge is 0.384 e. The standard InChI is InChI=1S/C14H22FN3S/c1-4-12(9-19-3)18(2)8-11-6-5-10(14(16)17)7-13(11)15/h5-7,12H,4,8-9H2,1-3H3,(H3,16,17). The number of benzene rings is 1. The Bertz CT molecular complexity index is 437. The third-order valence-corrected chi connectivity index (χ3v) is 3.96. The Kier molecular flexibility index (Phi) is 6.31. The topological polar surface area (TPSA) is 53.1 Å². The van der Waals surface area contributed by atoms with Gasteiger partial charge >= 0.3 is 0 Å². The van der Waals surface area contributed by atoms with E-state index in [9.17, 15) is 4.39 Å². The predicted molar refractivity (Wildman–Crippen MR) is 81.3 cm³/mol. The number of nitrogens with zero attached hydrogens (tertiary/aromatic N) is 1. The molecule has 0 amide bonds. The van der Waals surface area contributed by atoms with Crippen molar-refractivity contribution in [1.29, 1.82) is 5.41 Å². The van der Waals surface area contributed by atoms with Crippen molar-refractivity contribution < 1.29 is 4.39 Å². The summed E-state index contributed by atoms with van der Waals surface area (Å²) in [6.07, 6.45) is 3.13. The fourth-order valence-corrected chi connectivity index (χ4v) is 2.86. The van der Waals surface area contributed by atoms with Crippen LogP contribution in [-0.2, 0) is 6.54 Å². The van der Waals surface area contributed by atoms with E-state index in [0.29, 0.717) is 23.7 Å². The molecule has 3 N–H and O–H groups in total. The van der Waals surface area contributed by atoms with Crippen molar-refractivity contribution in [2.24, 2.45) is 5.73 Å². The molecule has 0 saturated heterocycles. The van der Waals surface area contributed by atoms with Crippen molar-refractivity contribution in [3.63, 3.8) is 0 Å². The van der Waals surface area contributed by atoms with E-state index in [0.717, 1.165) is 12.2 Å². The van der Waals surface area contributed by atoms with E-state index < -0.39 is 0 Å². The molecule has 5 heteroatoms.